The van der Waals surface area contributed by atoms with E-state index in [4.69, 9.17) is 9.47 Å². The number of hydrogen-bond donors (Lipinski definition) is 0. The van der Waals surface area contributed by atoms with Crippen molar-refractivity contribution in [1.82, 2.24) is 9.97 Å². The first kappa shape index (κ1) is 14.8. The number of thioether (sulfide) groups is 1. The van der Waals surface area contributed by atoms with E-state index < -0.39 is 0 Å². The van der Waals surface area contributed by atoms with Gasteiger partial charge in [0.15, 0.2) is 11.5 Å². The van der Waals surface area contributed by atoms with Gasteiger partial charge in [-0.15, -0.1) is 0 Å². The molecule has 100 valence electrons. The minimum absolute atomic E-state index is 0.0766. The summed E-state index contributed by atoms with van der Waals surface area (Å²) in [5.74, 6) is 0.848. The standard InChI is InChI=1S/C12H18N2O3S/c1-5-8(2)18-7-9(15)11-12(17-4)14-10(16-3)6-13-11/h6,8H,5,7H2,1-4H3. The van der Waals surface area contributed by atoms with Crippen molar-refractivity contribution in [3.05, 3.63) is 11.9 Å². The molecule has 6 heteroatoms. The third kappa shape index (κ3) is 3.87. The third-order valence-electron chi connectivity index (χ3n) is 2.46. The Bertz CT molecular complexity index is 412. The molecule has 1 atom stereocenters. The van der Waals surface area contributed by atoms with E-state index in [-0.39, 0.29) is 17.4 Å². The molecule has 1 rings (SSSR count). The topological polar surface area (TPSA) is 61.3 Å². The van der Waals surface area contributed by atoms with E-state index in [2.05, 4.69) is 23.8 Å². The Labute approximate surface area is 111 Å². The molecule has 0 saturated carbocycles. The number of rotatable bonds is 7. The largest absolute Gasteiger partial charge is 0.480 e. The summed E-state index contributed by atoms with van der Waals surface area (Å²) in [6.07, 6.45) is 2.45. The van der Waals surface area contributed by atoms with Crippen LogP contribution in [0.2, 0.25) is 0 Å². The first-order valence-electron chi connectivity index (χ1n) is 5.72. The van der Waals surface area contributed by atoms with Gasteiger partial charge in [0.1, 0.15) is 0 Å². The van der Waals surface area contributed by atoms with Crippen molar-refractivity contribution in [2.24, 2.45) is 0 Å². The number of methoxy groups -OCH3 is 2. The summed E-state index contributed by atoms with van der Waals surface area (Å²) in [5.41, 5.74) is 0.258. The summed E-state index contributed by atoms with van der Waals surface area (Å²) in [7, 11) is 2.95. The highest BCUT2D eigenvalue weighted by atomic mass is 32.2. The molecule has 18 heavy (non-hydrogen) atoms. The van der Waals surface area contributed by atoms with Crippen LogP contribution in [0.5, 0.6) is 11.8 Å². The Morgan fingerprint density at radius 1 is 1.44 bits per heavy atom. The van der Waals surface area contributed by atoms with Gasteiger partial charge in [0, 0.05) is 5.25 Å². The summed E-state index contributed by atoms with van der Waals surface area (Å²) in [5, 5.41) is 0.450. The van der Waals surface area contributed by atoms with Crippen LogP contribution in [0.25, 0.3) is 0 Å². The van der Waals surface area contributed by atoms with Crippen LogP contribution in [0.4, 0.5) is 0 Å². The van der Waals surface area contributed by atoms with Crippen molar-refractivity contribution in [2.45, 2.75) is 25.5 Å². The van der Waals surface area contributed by atoms with Crippen molar-refractivity contribution in [1.29, 1.82) is 0 Å². The maximum atomic E-state index is 12.0. The number of nitrogens with zero attached hydrogens (tertiary/aromatic N) is 2. The fourth-order valence-electron chi connectivity index (χ4n) is 1.19. The van der Waals surface area contributed by atoms with Gasteiger partial charge < -0.3 is 9.47 Å². The number of carbonyl (C=O) groups is 1. The quantitative estimate of drug-likeness (QED) is 0.708. The van der Waals surface area contributed by atoms with E-state index in [1.54, 1.807) is 11.8 Å². The molecule has 0 aliphatic carbocycles. The third-order valence-corrected chi connectivity index (χ3v) is 3.79. The SMILES string of the molecule is CCC(C)SCC(=O)c1ncc(OC)nc1OC. The second-order valence-electron chi connectivity index (χ2n) is 3.72. The summed E-state index contributed by atoms with van der Waals surface area (Å²) in [4.78, 5) is 20.1. The average Bonchev–Trinajstić information content (AvgIpc) is 2.43. The molecule has 1 aromatic heterocycles. The van der Waals surface area contributed by atoms with Crippen molar-refractivity contribution >= 4 is 17.5 Å². The smallest absolute Gasteiger partial charge is 0.246 e. The summed E-state index contributed by atoms with van der Waals surface area (Å²) < 4.78 is 10.00. The van der Waals surface area contributed by atoms with Gasteiger partial charge in [0.05, 0.1) is 26.2 Å². The van der Waals surface area contributed by atoms with Gasteiger partial charge in [-0.3, -0.25) is 4.79 Å². The van der Waals surface area contributed by atoms with E-state index in [1.165, 1.54) is 20.4 Å². The maximum Gasteiger partial charge on any atom is 0.246 e. The molecule has 1 aromatic rings. The van der Waals surface area contributed by atoms with Crippen molar-refractivity contribution in [2.75, 3.05) is 20.0 Å². The molecule has 0 aromatic carbocycles. The molecular formula is C12H18N2O3S. The van der Waals surface area contributed by atoms with Crippen LogP contribution in [0, 0.1) is 0 Å². The van der Waals surface area contributed by atoms with E-state index >= 15 is 0 Å². The Kier molecular flexibility index (Phi) is 5.91. The molecule has 0 saturated heterocycles. The zero-order chi connectivity index (χ0) is 13.5. The minimum Gasteiger partial charge on any atom is -0.480 e. The van der Waals surface area contributed by atoms with Gasteiger partial charge in [-0.05, 0) is 6.42 Å². The van der Waals surface area contributed by atoms with E-state index in [0.29, 0.717) is 16.9 Å². The van der Waals surface area contributed by atoms with Crippen molar-refractivity contribution in [3.8, 4) is 11.8 Å². The highest BCUT2D eigenvalue weighted by molar-refractivity contribution is 8.00. The Hall–Kier alpha value is -1.30. The van der Waals surface area contributed by atoms with Gasteiger partial charge >= 0.3 is 0 Å². The molecule has 0 bridgehead atoms. The fourth-order valence-corrected chi connectivity index (χ4v) is 2.00. The van der Waals surface area contributed by atoms with E-state index in [1.807, 2.05) is 0 Å². The summed E-state index contributed by atoms with van der Waals surface area (Å²) in [6, 6.07) is 0. The van der Waals surface area contributed by atoms with Gasteiger partial charge in [-0.2, -0.15) is 16.7 Å². The Morgan fingerprint density at radius 3 is 2.72 bits per heavy atom. The fraction of sp³-hybridized carbons (Fsp3) is 0.583. The lowest BCUT2D eigenvalue weighted by Crippen LogP contribution is -2.11. The van der Waals surface area contributed by atoms with Crippen molar-refractivity contribution < 1.29 is 14.3 Å². The molecule has 0 radical (unpaired) electrons. The van der Waals surface area contributed by atoms with Crippen LogP contribution in [-0.4, -0.2) is 41.0 Å². The van der Waals surface area contributed by atoms with E-state index in [0.717, 1.165) is 6.42 Å². The van der Waals surface area contributed by atoms with Crippen LogP contribution in [-0.2, 0) is 0 Å². The number of ether oxygens (including phenoxy) is 2. The van der Waals surface area contributed by atoms with Gasteiger partial charge in [0.25, 0.3) is 0 Å². The van der Waals surface area contributed by atoms with Crippen LogP contribution < -0.4 is 9.47 Å². The predicted molar refractivity (Wildman–Crippen MR) is 71.7 cm³/mol. The number of carbonyl (C=O) groups excluding carboxylic acids is 1. The first-order chi connectivity index (χ1) is 8.62. The average molecular weight is 270 g/mol. The zero-order valence-corrected chi connectivity index (χ0v) is 11.9. The normalized spacial score (nSPS) is 12.0. The van der Waals surface area contributed by atoms with Gasteiger partial charge in [-0.25, -0.2) is 4.98 Å². The first-order valence-corrected chi connectivity index (χ1v) is 6.77. The molecule has 0 N–H and O–H groups in total. The van der Waals surface area contributed by atoms with Crippen LogP contribution in [0.15, 0.2) is 6.20 Å². The minimum atomic E-state index is -0.0766. The predicted octanol–water partition coefficient (Wildman–Crippen LogP) is 2.21. The number of Topliss-reactive ketones (excluding diaryl/α,β-unsaturated/α-hetero) is 1. The molecule has 5 nitrogen and oxygen atoms in total. The Balaban J connectivity index is 2.78. The van der Waals surface area contributed by atoms with Crippen molar-refractivity contribution in [3.63, 3.8) is 0 Å². The lowest BCUT2D eigenvalue weighted by molar-refractivity contribution is 0.101. The van der Waals surface area contributed by atoms with Gasteiger partial charge in [0.2, 0.25) is 11.8 Å². The second kappa shape index (κ2) is 7.20. The molecule has 0 amide bonds. The summed E-state index contributed by atoms with van der Waals surface area (Å²) >= 11 is 1.60. The monoisotopic (exact) mass is 270 g/mol. The molecule has 0 aliphatic rings. The van der Waals surface area contributed by atoms with Crippen LogP contribution in [0.3, 0.4) is 0 Å². The molecule has 0 aliphatic heterocycles. The lowest BCUT2D eigenvalue weighted by atomic mass is 10.3. The highest BCUT2D eigenvalue weighted by Crippen LogP contribution is 2.20. The maximum absolute atomic E-state index is 12.0. The highest BCUT2D eigenvalue weighted by Gasteiger charge is 2.17. The lowest BCUT2D eigenvalue weighted by Gasteiger charge is -2.09. The second-order valence-corrected chi connectivity index (χ2v) is 5.15. The Morgan fingerprint density at radius 2 is 2.17 bits per heavy atom. The summed E-state index contributed by atoms with van der Waals surface area (Å²) in [6.45, 7) is 4.19. The van der Waals surface area contributed by atoms with Gasteiger partial charge in [-0.1, -0.05) is 13.8 Å². The number of aromatic nitrogens is 2. The number of ketones is 1. The van der Waals surface area contributed by atoms with Crippen LogP contribution in [0.1, 0.15) is 30.8 Å². The number of hydrogen-bond acceptors (Lipinski definition) is 6. The molecule has 0 spiro atoms. The molecular weight excluding hydrogens is 252 g/mol. The van der Waals surface area contributed by atoms with Crippen LogP contribution >= 0.6 is 11.8 Å². The molecule has 1 unspecified atom stereocenters. The zero-order valence-electron chi connectivity index (χ0n) is 11.1. The molecule has 0 fully saturated rings. The van der Waals surface area contributed by atoms with E-state index in [9.17, 15) is 4.79 Å². The molecule has 1 heterocycles.